The van der Waals surface area contributed by atoms with Crippen molar-refractivity contribution in [2.45, 2.75) is 6.42 Å². The molecule has 8 heteroatoms. The number of carboxylic acids is 1. The highest BCUT2D eigenvalue weighted by Gasteiger charge is 2.22. The Hall–Kier alpha value is -2.22. The Balaban J connectivity index is 2.07. The Morgan fingerprint density at radius 2 is 2.32 bits per heavy atom. The van der Waals surface area contributed by atoms with E-state index in [1.165, 1.54) is 12.1 Å². The topological polar surface area (TPSA) is 89.1 Å². The molecule has 0 aliphatic carbocycles. The highest BCUT2D eigenvalue weighted by atomic mass is 32.2. The van der Waals surface area contributed by atoms with E-state index in [9.17, 15) is 9.18 Å². The van der Waals surface area contributed by atoms with E-state index in [-0.39, 0.29) is 29.1 Å². The van der Waals surface area contributed by atoms with Gasteiger partial charge in [0, 0.05) is 12.2 Å². The van der Waals surface area contributed by atoms with Crippen LogP contribution < -0.4 is 4.90 Å². The summed E-state index contributed by atoms with van der Waals surface area (Å²) in [5.41, 5.74) is 1.62. The third kappa shape index (κ3) is 3.70. The molecule has 0 atom stereocenters. The third-order valence-corrected chi connectivity index (χ3v) is 4.00. The van der Waals surface area contributed by atoms with Gasteiger partial charge in [-0.1, -0.05) is 11.8 Å². The molecule has 0 bridgehead atoms. The number of aliphatic carboxylic acids is 1. The summed E-state index contributed by atoms with van der Waals surface area (Å²) in [6, 6.07) is 4.44. The van der Waals surface area contributed by atoms with E-state index in [1.807, 2.05) is 0 Å². The van der Waals surface area contributed by atoms with Gasteiger partial charge in [-0.3, -0.25) is 15.4 Å². The summed E-state index contributed by atoms with van der Waals surface area (Å²) in [5, 5.41) is 17.0. The number of fused-ring (bicyclic) bond motifs is 1. The van der Waals surface area contributed by atoms with E-state index in [4.69, 9.17) is 10.5 Å². The number of hydrogen-bond acceptors (Lipinski definition) is 5. The minimum absolute atomic E-state index is 0.0530. The molecule has 1 aromatic carbocycles. The van der Waals surface area contributed by atoms with Crippen LogP contribution >= 0.6 is 11.8 Å². The lowest BCUT2D eigenvalue weighted by atomic mass is 10.2. The summed E-state index contributed by atoms with van der Waals surface area (Å²) in [4.78, 5) is 20.3. The van der Waals surface area contributed by atoms with Crippen LogP contribution in [0.2, 0.25) is 0 Å². The van der Waals surface area contributed by atoms with Gasteiger partial charge in [0.05, 0.1) is 12.4 Å². The molecule has 1 aromatic rings. The molecule has 2 N–H and O–H groups in total. The van der Waals surface area contributed by atoms with E-state index in [0.717, 1.165) is 23.0 Å². The minimum Gasteiger partial charge on any atom is -0.476 e. The van der Waals surface area contributed by atoms with Gasteiger partial charge in [-0.25, -0.2) is 9.18 Å². The van der Waals surface area contributed by atoms with Crippen molar-refractivity contribution in [2.24, 2.45) is 9.98 Å². The van der Waals surface area contributed by atoms with E-state index >= 15 is 0 Å². The number of carboxylic acid groups (broad SMARTS) is 1. The Morgan fingerprint density at radius 1 is 1.55 bits per heavy atom. The van der Waals surface area contributed by atoms with Crippen LogP contribution in [0.25, 0.3) is 0 Å². The third-order valence-electron chi connectivity index (χ3n) is 3.11. The molecule has 6 nitrogen and oxygen atoms in total. The predicted octanol–water partition coefficient (Wildman–Crippen LogP) is 2.04. The van der Waals surface area contributed by atoms with Crippen LogP contribution in [0.5, 0.6) is 0 Å². The number of aliphatic imine (C=N–C) groups is 2. The lowest BCUT2D eigenvalue weighted by Gasteiger charge is -2.19. The van der Waals surface area contributed by atoms with Gasteiger partial charge in [0.1, 0.15) is 11.7 Å². The Labute approximate surface area is 131 Å². The molecule has 0 saturated carbocycles. The zero-order chi connectivity index (χ0) is 16.1. The van der Waals surface area contributed by atoms with Crippen molar-refractivity contribution >= 4 is 41.0 Å². The maximum absolute atomic E-state index is 13.2. The van der Waals surface area contributed by atoms with Gasteiger partial charge in [-0.2, -0.15) is 0 Å². The van der Waals surface area contributed by atoms with Crippen LogP contribution in [0.1, 0.15) is 5.56 Å². The van der Waals surface area contributed by atoms with Crippen molar-refractivity contribution in [3.05, 3.63) is 29.6 Å². The molecular weight excluding hydrogens is 307 g/mol. The quantitative estimate of drug-likeness (QED) is 0.656. The van der Waals surface area contributed by atoms with Crippen molar-refractivity contribution in [3.63, 3.8) is 0 Å². The molecule has 1 heterocycles. The highest BCUT2D eigenvalue weighted by Crippen LogP contribution is 2.28. The summed E-state index contributed by atoms with van der Waals surface area (Å²) in [6.45, 7) is 3.80. The number of nitrogens with zero attached hydrogens (tertiary/aromatic N) is 3. The molecule has 0 amide bonds. The summed E-state index contributed by atoms with van der Waals surface area (Å²) < 4.78 is 13.2. The van der Waals surface area contributed by atoms with E-state index < -0.39 is 5.97 Å². The highest BCUT2D eigenvalue weighted by molar-refractivity contribution is 8.15. The molecule has 0 aromatic heterocycles. The van der Waals surface area contributed by atoms with Crippen molar-refractivity contribution in [3.8, 4) is 0 Å². The summed E-state index contributed by atoms with van der Waals surface area (Å²) >= 11 is 0.958. The molecule has 1 aliphatic heterocycles. The molecular formula is C14H15FN4O2S. The van der Waals surface area contributed by atoms with Gasteiger partial charge in [-0.05, 0) is 36.9 Å². The number of benzene rings is 1. The Morgan fingerprint density at radius 3 is 3.00 bits per heavy atom. The number of thioether (sulfide) groups is 1. The first-order valence-corrected chi connectivity index (χ1v) is 7.48. The first-order valence-electron chi connectivity index (χ1n) is 6.49. The first-order chi connectivity index (χ1) is 10.5. The fourth-order valence-electron chi connectivity index (χ4n) is 2.16. The zero-order valence-electron chi connectivity index (χ0n) is 11.8. The second-order valence-electron chi connectivity index (χ2n) is 4.54. The normalized spacial score (nSPS) is 13.9. The van der Waals surface area contributed by atoms with Gasteiger partial charge in [0.15, 0.2) is 5.04 Å². The molecule has 0 radical (unpaired) electrons. The Kier molecular flexibility index (Phi) is 5.26. The van der Waals surface area contributed by atoms with Crippen LogP contribution in [0.15, 0.2) is 28.2 Å². The smallest absolute Gasteiger partial charge is 0.360 e. The van der Waals surface area contributed by atoms with Crippen molar-refractivity contribution in [1.29, 1.82) is 5.41 Å². The van der Waals surface area contributed by atoms with Crippen molar-refractivity contribution in [1.82, 2.24) is 0 Å². The summed E-state index contributed by atoms with van der Waals surface area (Å²) in [5.74, 6) is -1.07. The second-order valence-corrected chi connectivity index (χ2v) is 5.48. The van der Waals surface area contributed by atoms with Gasteiger partial charge in [0.25, 0.3) is 0 Å². The Bertz CT molecular complexity index is 648. The monoisotopic (exact) mass is 322 g/mol. The van der Waals surface area contributed by atoms with Crippen LogP contribution in [0, 0.1) is 11.2 Å². The summed E-state index contributed by atoms with van der Waals surface area (Å²) in [6.07, 6.45) is 0.653. The fourth-order valence-corrected chi connectivity index (χ4v) is 2.66. The van der Waals surface area contributed by atoms with Crippen LogP contribution in [-0.2, 0) is 11.2 Å². The number of hydrogen-bond donors (Lipinski definition) is 2. The number of carbonyl (C=O) groups is 1. The van der Waals surface area contributed by atoms with Gasteiger partial charge >= 0.3 is 5.97 Å². The summed E-state index contributed by atoms with van der Waals surface area (Å²) in [7, 11) is 0. The van der Waals surface area contributed by atoms with Crippen LogP contribution in [0.3, 0.4) is 0 Å². The number of anilines is 1. The molecule has 0 unspecified atom stereocenters. The van der Waals surface area contributed by atoms with Gasteiger partial charge < -0.3 is 10.0 Å². The first kappa shape index (κ1) is 16.2. The van der Waals surface area contributed by atoms with Crippen LogP contribution in [-0.4, -0.2) is 47.6 Å². The lowest BCUT2D eigenvalue weighted by Crippen LogP contribution is -2.30. The number of nitrogens with one attached hydrogen (secondary N) is 1. The molecule has 0 saturated heterocycles. The average molecular weight is 322 g/mol. The maximum Gasteiger partial charge on any atom is 0.360 e. The lowest BCUT2D eigenvalue weighted by molar-refractivity contribution is -0.129. The molecule has 0 fully saturated rings. The standard InChI is InChI=1S/C14H15FN4O2S/c1-17-8-22-13(14(20)21)18-7-12(16)19-5-4-9-6-10(15)2-3-11(9)19/h2-3,6,16H,1,4-5,7-8H2,(H,20,21). The van der Waals surface area contributed by atoms with E-state index in [1.54, 1.807) is 11.0 Å². The maximum atomic E-state index is 13.2. The number of halogens is 1. The molecule has 116 valence electrons. The molecule has 22 heavy (non-hydrogen) atoms. The molecule has 1 aliphatic rings. The number of amidine groups is 1. The number of rotatable bonds is 4. The molecule has 2 rings (SSSR count). The van der Waals surface area contributed by atoms with Crippen molar-refractivity contribution in [2.75, 3.05) is 23.9 Å². The zero-order valence-corrected chi connectivity index (χ0v) is 12.6. The minimum atomic E-state index is -1.15. The van der Waals surface area contributed by atoms with Crippen molar-refractivity contribution < 1.29 is 14.3 Å². The molecule has 0 spiro atoms. The van der Waals surface area contributed by atoms with E-state index in [2.05, 4.69) is 16.7 Å². The van der Waals surface area contributed by atoms with Gasteiger partial charge in [-0.15, -0.1) is 0 Å². The predicted molar refractivity (Wildman–Crippen MR) is 87.1 cm³/mol. The largest absolute Gasteiger partial charge is 0.476 e. The van der Waals surface area contributed by atoms with Crippen LogP contribution in [0.4, 0.5) is 10.1 Å². The average Bonchev–Trinajstić information content (AvgIpc) is 2.89. The van der Waals surface area contributed by atoms with Gasteiger partial charge in [0.2, 0.25) is 0 Å². The van der Waals surface area contributed by atoms with E-state index in [0.29, 0.717) is 13.0 Å². The fraction of sp³-hybridized carbons (Fsp3) is 0.286. The SMILES string of the molecule is C=NCSC(=NCC(=N)N1CCc2cc(F)ccc21)C(=O)O. The second kappa shape index (κ2) is 7.17.